The van der Waals surface area contributed by atoms with Crippen LogP contribution in [-0.4, -0.2) is 27.2 Å². The number of aliphatic carboxylic acids is 1. The molecule has 116 valence electrons. The quantitative estimate of drug-likeness (QED) is 0.754. The number of unbranched alkanes of at least 4 members (excludes halogenated alkanes) is 1. The Kier molecular flexibility index (Phi) is 5.85. The Hall–Kier alpha value is -1.99. The zero-order valence-corrected chi connectivity index (χ0v) is 13.2. The summed E-state index contributed by atoms with van der Waals surface area (Å²) in [7, 11) is 0. The Balaban J connectivity index is 1.88. The Morgan fingerprint density at radius 2 is 1.91 bits per heavy atom. The van der Waals surface area contributed by atoms with Crippen LogP contribution in [0.15, 0.2) is 24.3 Å². The van der Waals surface area contributed by atoms with Crippen LogP contribution >= 0.6 is 22.9 Å². The fraction of sp³-hybridized carbons (Fsp3) is 0.286. The van der Waals surface area contributed by atoms with Crippen molar-refractivity contribution in [1.29, 1.82) is 0 Å². The third kappa shape index (κ3) is 4.78. The molecule has 0 radical (unpaired) electrons. The molecule has 0 unspecified atom stereocenters. The maximum absolute atomic E-state index is 11.7. The Bertz CT molecular complexity index is 675. The van der Waals surface area contributed by atoms with E-state index in [1.54, 1.807) is 6.07 Å². The average Bonchev–Trinajstić information content (AvgIpc) is 2.92. The van der Waals surface area contributed by atoms with Crippen molar-refractivity contribution in [3.8, 4) is 10.6 Å². The zero-order valence-electron chi connectivity index (χ0n) is 11.6. The molecule has 0 aliphatic carbocycles. The molecule has 1 heterocycles. The lowest BCUT2D eigenvalue weighted by atomic mass is 10.2. The molecule has 2 rings (SSSR count). The molecule has 0 aliphatic heterocycles. The van der Waals surface area contributed by atoms with Crippen LogP contribution in [0.25, 0.3) is 10.6 Å². The van der Waals surface area contributed by atoms with Gasteiger partial charge < -0.3 is 10.4 Å². The molecule has 0 atom stereocenters. The van der Waals surface area contributed by atoms with Crippen LogP contribution in [-0.2, 0) is 9.59 Å². The second-order valence-corrected chi connectivity index (χ2v) is 5.93. The van der Waals surface area contributed by atoms with E-state index in [1.807, 2.05) is 18.2 Å². The van der Waals surface area contributed by atoms with Gasteiger partial charge in [-0.2, -0.15) is 0 Å². The number of rotatable bonds is 7. The highest BCUT2D eigenvalue weighted by molar-refractivity contribution is 7.18. The number of benzene rings is 1. The molecule has 1 amide bonds. The van der Waals surface area contributed by atoms with Gasteiger partial charge in [-0.05, 0) is 18.9 Å². The number of carbonyl (C=O) groups is 2. The SMILES string of the molecule is O=C(O)CCCCC(=O)Nc1nnc(-c2ccccc2Cl)s1. The Labute approximate surface area is 136 Å². The first-order chi connectivity index (χ1) is 10.6. The second-order valence-electron chi connectivity index (χ2n) is 4.54. The average molecular weight is 340 g/mol. The van der Waals surface area contributed by atoms with Gasteiger partial charge in [0.15, 0.2) is 5.01 Å². The van der Waals surface area contributed by atoms with Crippen LogP contribution in [0.3, 0.4) is 0 Å². The normalized spacial score (nSPS) is 10.4. The van der Waals surface area contributed by atoms with E-state index in [-0.39, 0.29) is 18.7 Å². The maximum atomic E-state index is 11.7. The van der Waals surface area contributed by atoms with Gasteiger partial charge in [-0.15, -0.1) is 10.2 Å². The Morgan fingerprint density at radius 1 is 1.18 bits per heavy atom. The topological polar surface area (TPSA) is 92.2 Å². The van der Waals surface area contributed by atoms with Gasteiger partial charge in [0.1, 0.15) is 0 Å². The highest BCUT2D eigenvalue weighted by atomic mass is 35.5. The van der Waals surface area contributed by atoms with E-state index in [0.29, 0.717) is 28.0 Å². The summed E-state index contributed by atoms with van der Waals surface area (Å²) in [6, 6.07) is 7.27. The van der Waals surface area contributed by atoms with E-state index < -0.39 is 5.97 Å². The van der Waals surface area contributed by atoms with Crippen LogP contribution in [0.5, 0.6) is 0 Å². The number of aromatic nitrogens is 2. The van der Waals surface area contributed by atoms with Crippen LogP contribution in [0.1, 0.15) is 25.7 Å². The number of nitrogens with one attached hydrogen (secondary N) is 1. The summed E-state index contributed by atoms with van der Waals surface area (Å²) in [5.41, 5.74) is 0.767. The fourth-order valence-electron chi connectivity index (χ4n) is 1.76. The van der Waals surface area contributed by atoms with Gasteiger partial charge in [0.05, 0.1) is 5.02 Å². The van der Waals surface area contributed by atoms with E-state index in [1.165, 1.54) is 11.3 Å². The number of carbonyl (C=O) groups excluding carboxylic acids is 1. The number of anilines is 1. The Morgan fingerprint density at radius 3 is 2.64 bits per heavy atom. The van der Waals surface area contributed by atoms with Crippen molar-refractivity contribution in [3.05, 3.63) is 29.3 Å². The smallest absolute Gasteiger partial charge is 0.303 e. The molecule has 1 aromatic carbocycles. The maximum Gasteiger partial charge on any atom is 0.303 e. The van der Waals surface area contributed by atoms with Crippen molar-refractivity contribution < 1.29 is 14.7 Å². The summed E-state index contributed by atoms with van der Waals surface area (Å²) in [5.74, 6) is -1.05. The predicted octanol–water partition coefficient (Wildman–Crippen LogP) is 3.44. The molecule has 8 heteroatoms. The van der Waals surface area contributed by atoms with E-state index in [0.717, 1.165) is 5.56 Å². The summed E-state index contributed by atoms with van der Waals surface area (Å²) >= 11 is 7.33. The lowest BCUT2D eigenvalue weighted by molar-refractivity contribution is -0.137. The van der Waals surface area contributed by atoms with Gasteiger partial charge in [-0.25, -0.2) is 0 Å². The first kappa shape index (κ1) is 16.4. The molecule has 2 aromatic rings. The van der Waals surface area contributed by atoms with Crippen LogP contribution < -0.4 is 5.32 Å². The third-order valence-electron chi connectivity index (χ3n) is 2.82. The lowest BCUT2D eigenvalue weighted by Crippen LogP contribution is -2.11. The lowest BCUT2D eigenvalue weighted by Gasteiger charge is -2.00. The molecule has 1 aromatic heterocycles. The minimum Gasteiger partial charge on any atom is -0.481 e. The van der Waals surface area contributed by atoms with Crippen LogP contribution in [0, 0.1) is 0 Å². The number of nitrogens with zero attached hydrogens (tertiary/aromatic N) is 2. The predicted molar refractivity (Wildman–Crippen MR) is 85.1 cm³/mol. The molecule has 2 N–H and O–H groups in total. The zero-order chi connectivity index (χ0) is 15.9. The second kappa shape index (κ2) is 7.86. The molecule has 0 saturated carbocycles. The molecule has 6 nitrogen and oxygen atoms in total. The number of halogens is 1. The number of hydrogen-bond donors (Lipinski definition) is 2. The van der Waals surface area contributed by atoms with Crippen LogP contribution in [0.2, 0.25) is 5.02 Å². The molecule has 0 bridgehead atoms. The van der Waals surface area contributed by atoms with Gasteiger partial charge in [-0.1, -0.05) is 41.1 Å². The first-order valence-corrected chi connectivity index (χ1v) is 7.86. The van der Waals surface area contributed by atoms with Crippen molar-refractivity contribution in [2.45, 2.75) is 25.7 Å². The largest absolute Gasteiger partial charge is 0.481 e. The van der Waals surface area contributed by atoms with Crippen molar-refractivity contribution in [1.82, 2.24) is 10.2 Å². The minimum atomic E-state index is -0.853. The van der Waals surface area contributed by atoms with Gasteiger partial charge in [0, 0.05) is 18.4 Å². The minimum absolute atomic E-state index is 0.0722. The number of carboxylic acids is 1. The molecule has 0 saturated heterocycles. The van der Waals surface area contributed by atoms with Gasteiger partial charge in [0.25, 0.3) is 0 Å². The summed E-state index contributed by atoms with van der Waals surface area (Å²) in [6.07, 6.45) is 1.33. The van der Waals surface area contributed by atoms with E-state index in [4.69, 9.17) is 16.7 Å². The monoisotopic (exact) mass is 339 g/mol. The highest BCUT2D eigenvalue weighted by Gasteiger charge is 2.11. The summed E-state index contributed by atoms with van der Waals surface area (Å²) in [5, 5.41) is 20.7. The molecule has 0 fully saturated rings. The highest BCUT2D eigenvalue weighted by Crippen LogP contribution is 2.31. The van der Waals surface area contributed by atoms with Crippen molar-refractivity contribution in [2.75, 3.05) is 5.32 Å². The fourth-order valence-corrected chi connectivity index (χ4v) is 2.84. The van der Waals surface area contributed by atoms with Crippen LogP contribution in [0.4, 0.5) is 5.13 Å². The van der Waals surface area contributed by atoms with Crippen molar-refractivity contribution in [2.24, 2.45) is 0 Å². The first-order valence-electron chi connectivity index (χ1n) is 6.66. The summed E-state index contributed by atoms with van der Waals surface area (Å²) < 4.78 is 0. The molecule has 0 spiro atoms. The molecular formula is C14H14ClN3O3S. The standard InChI is InChI=1S/C14H14ClN3O3S/c15-10-6-2-1-5-9(10)13-17-18-14(22-13)16-11(19)7-3-4-8-12(20)21/h1-2,5-6H,3-4,7-8H2,(H,20,21)(H,16,18,19). The van der Waals surface area contributed by atoms with E-state index in [2.05, 4.69) is 15.5 Å². The van der Waals surface area contributed by atoms with E-state index in [9.17, 15) is 9.59 Å². The number of amides is 1. The van der Waals surface area contributed by atoms with E-state index >= 15 is 0 Å². The third-order valence-corrected chi connectivity index (χ3v) is 4.02. The molecule has 0 aliphatic rings. The summed E-state index contributed by atoms with van der Waals surface area (Å²) in [6.45, 7) is 0. The van der Waals surface area contributed by atoms with Crippen molar-refractivity contribution >= 4 is 39.9 Å². The molecular weight excluding hydrogens is 326 g/mol. The van der Waals surface area contributed by atoms with Gasteiger partial charge in [-0.3, -0.25) is 9.59 Å². The summed E-state index contributed by atoms with van der Waals surface area (Å²) in [4.78, 5) is 22.1. The van der Waals surface area contributed by atoms with Gasteiger partial charge in [0.2, 0.25) is 11.0 Å². The molecule has 22 heavy (non-hydrogen) atoms. The van der Waals surface area contributed by atoms with Gasteiger partial charge >= 0.3 is 5.97 Å². The van der Waals surface area contributed by atoms with Crippen molar-refractivity contribution in [3.63, 3.8) is 0 Å². The number of carboxylic acid groups (broad SMARTS) is 1. The number of hydrogen-bond acceptors (Lipinski definition) is 5.